The van der Waals surface area contributed by atoms with Crippen molar-refractivity contribution in [2.24, 2.45) is 0 Å². The number of para-hydroxylation sites is 1. The minimum absolute atomic E-state index is 1.05. The second kappa shape index (κ2) is 7.44. The maximum atomic E-state index is 4.35. The first-order valence-electron chi connectivity index (χ1n) is 7.21. The van der Waals surface area contributed by atoms with Gasteiger partial charge in [-0.05, 0) is 36.1 Å². The number of nitrogens with zero attached hydrogens (tertiary/aromatic N) is 1. The van der Waals surface area contributed by atoms with Crippen molar-refractivity contribution < 1.29 is 0 Å². The van der Waals surface area contributed by atoms with E-state index in [4.69, 9.17) is 0 Å². The highest BCUT2D eigenvalue weighted by Crippen LogP contribution is 2.12. The van der Waals surface area contributed by atoms with Gasteiger partial charge in [0.1, 0.15) is 0 Å². The molecule has 1 aromatic heterocycles. The molecule has 3 aromatic rings. The zero-order chi connectivity index (χ0) is 14.2. The molecule has 0 N–H and O–H groups in total. The summed E-state index contributed by atoms with van der Waals surface area (Å²) in [4.78, 5) is 4.35. The van der Waals surface area contributed by atoms with Crippen LogP contribution in [-0.2, 0) is 12.8 Å². The Hall–Kier alpha value is -2.15. The molecule has 0 bridgehead atoms. The van der Waals surface area contributed by atoms with Crippen LogP contribution in [0.2, 0.25) is 0 Å². The van der Waals surface area contributed by atoms with Crippen LogP contribution in [0.5, 0.6) is 0 Å². The summed E-state index contributed by atoms with van der Waals surface area (Å²) in [6.07, 6.45) is 4.14. The average molecular weight is 263 g/mol. The van der Waals surface area contributed by atoms with Crippen molar-refractivity contribution in [1.82, 2.24) is 4.98 Å². The van der Waals surface area contributed by atoms with Gasteiger partial charge in [0.25, 0.3) is 0 Å². The van der Waals surface area contributed by atoms with E-state index >= 15 is 0 Å². The predicted octanol–water partition coefficient (Wildman–Crippen LogP) is 5.05. The lowest BCUT2D eigenvalue weighted by Gasteiger charge is -1.98. The number of pyridine rings is 1. The number of rotatable bonds is 2. The predicted molar refractivity (Wildman–Crippen MR) is 86.9 cm³/mol. The number of benzene rings is 2. The highest BCUT2D eigenvalue weighted by Gasteiger charge is 1.93. The fraction of sp³-hybridized carbons (Fsp3) is 0.211. The van der Waals surface area contributed by atoms with Gasteiger partial charge >= 0.3 is 0 Å². The highest BCUT2D eigenvalue weighted by atomic mass is 14.6. The van der Waals surface area contributed by atoms with Crippen molar-refractivity contribution >= 4 is 10.9 Å². The zero-order valence-electron chi connectivity index (χ0n) is 12.2. The Labute approximate surface area is 121 Å². The van der Waals surface area contributed by atoms with Gasteiger partial charge in [0.2, 0.25) is 0 Å². The molecule has 0 spiro atoms. The molecule has 0 radical (unpaired) electrons. The quantitative estimate of drug-likeness (QED) is 0.630. The maximum Gasteiger partial charge on any atom is 0.0702 e. The minimum Gasteiger partial charge on any atom is -0.256 e. The summed E-state index contributed by atoms with van der Waals surface area (Å²) in [5.41, 5.74) is 3.79. The van der Waals surface area contributed by atoms with Crippen LogP contribution in [-0.4, -0.2) is 4.98 Å². The molecule has 0 aliphatic heterocycles. The molecular formula is C19H21N. The number of aryl methyl sites for hydroxylation is 2. The number of aromatic nitrogens is 1. The van der Waals surface area contributed by atoms with Gasteiger partial charge in [-0.2, -0.15) is 0 Å². The van der Waals surface area contributed by atoms with Crippen molar-refractivity contribution in [1.29, 1.82) is 0 Å². The molecule has 0 aliphatic carbocycles. The molecule has 102 valence electrons. The largest absolute Gasteiger partial charge is 0.256 e. The van der Waals surface area contributed by atoms with Crippen molar-refractivity contribution in [3.05, 3.63) is 78.0 Å². The molecule has 0 unspecified atom stereocenters. The Kier molecular flexibility index (Phi) is 5.31. The van der Waals surface area contributed by atoms with E-state index in [0.29, 0.717) is 0 Å². The van der Waals surface area contributed by atoms with Gasteiger partial charge in [-0.3, -0.25) is 4.98 Å². The zero-order valence-corrected chi connectivity index (χ0v) is 12.2. The van der Waals surface area contributed by atoms with E-state index in [1.165, 1.54) is 16.5 Å². The Morgan fingerprint density at radius 3 is 2.05 bits per heavy atom. The molecule has 0 aliphatic rings. The monoisotopic (exact) mass is 263 g/mol. The van der Waals surface area contributed by atoms with Gasteiger partial charge in [-0.1, -0.05) is 62.4 Å². The van der Waals surface area contributed by atoms with E-state index in [0.717, 1.165) is 18.4 Å². The summed E-state index contributed by atoms with van der Waals surface area (Å²) in [5, 5.41) is 1.23. The van der Waals surface area contributed by atoms with Crippen LogP contribution in [0.1, 0.15) is 25.0 Å². The molecule has 0 saturated heterocycles. The first-order chi connectivity index (χ1) is 9.83. The third kappa shape index (κ3) is 3.92. The summed E-state index contributed by atoms with van der Waals surface area (Å²) >= 11 is 0. The van der Waals surface area contributed by atoms with Crippen LogP contribution in [0, 0.1) is 0 Å². The fourth-order valence-corrected chi connectivity index (χ4v) is 2.02. The van der Waals surface area contributed by atoms with Gasteiger partial charge < -0.3 is 0 Å². The first kappa shape index (κ1) is 14.3. The number of fused-ring (bicyclic) bond motifs is 1. The Morgan fingerprint density at radius 1 is 0.750 bits per heavy atom. The van der Waals surface area contributed by atoms with E-state index < -0.39 is 0 Å². The Morgan fingerprint density at radius 2 is 1.40 bits per heavy atom. The SMILES string of the molecule is CCc1ccccc1.CCc1cnc2ccccc2c1. The minimum atomic E-state index is 1.05. The van der Waals surface area contributed by atoms with E-state index in [1.54, 1.807) is 0 Å². The van der Waals surface area contributed by atoms with Crippen LogP contribution in [0.3, 0.4) is 0 Å². The van der Waals surface area contributed by atoms with Gasteiger partial charge in [-0.25, -0.2) is 0 Å². The lowest BCUT2D eigenvalue weighted by Crippen LogP contribution is -1.83. The lowest BCUT2D eigenvalue weighted by atomic mass is 10.1. The third-order valence-corrected chi connectivity index (χ3v) is 3.31. The first-order valence-corrected chi connectivity index (χ1v) is 7.21. The van der Waals surface area contributed by atoms with E-state index in [2.05, 4.69) is 55.2 Å². The van der Waals surface area contributed by atoms with Crippen LogP contribution < -0.4 is 0 Å². The van der Waals surface area contributed by atoms with Crippen molar-refractivity contribution in [3.8, 4) is 0 Å². The second-order valence-corrected chi connectivity index (χ2v) is 4.73. The normalized spacial score (nSPS) is 9.90. The molecule has 0 saturated carbocycles. The van der Waals surface area contributed by atoms with E-state index in [9.17, 15) is 0 Å². The van der Waals surface area contributed by atoms with Crippen molar-refractivity contribution in [2.75, 3.05) is 0 Å². The Balaban J connectivity index is 0.000000160. The molecule has 1 heterocycles. The molecular weight excluding hydrogens is 242 g/mol. The molecule has 1 nitrogen and oxygen atoms in total. The number of hydrogen-bond acceptors (Lipinski definition) is 1. The summed E-state index contributed by atoms with van der Waals surface area (Å²) < 4.78 is 0. The molecule has 0 fully saturated rings. The molecule has 2 aromatic carbocycles. The summed E-state index contributed by atoms with van der Waals surface area (Å²) in [7, 11) is 0. The third-order valence-electron chi connectivity index (χ3n) is 3.31. The van der Waals surface area contributed by atoms with Gasteiger partial charge in [0.05, 0.1) is 5.52 Å². The average Bonchev–Trinajstić information content (AvgIpc) is 2.55. The second-order valence-electron chi connectivity index (χ2n) is 4.73. The molecule has 20 heavy (non-hydrogen) atoms. The van der Waals surface area contributed by atoms with Crippen molar-refractivity contribution in [2.45, 2.75) is 26.7 Å². The molecule has 3 rings (SSSR count). The van der Waals surface area contributed by atoms with E-state index in [-0.39, 0.29) is 0 Å². The fourth-order valence-electron chi connectivity index (χ4n) is 2.02. The van der Waals surface area contributed by atoms with Crippen LogP contribution in [0.25, 0.3) is 10.9 Å². The van der Waals surface area contributed by atoms with Crippen LogP contribution in [0.15, 0.2) is 66.9 Å². The summed E-state index contributed by atoms with van der Waals surface area (Å²) in [5.74, 6) is 0. The summed E-state index contributed by atoms with van der Waals surface area (Å²) in [6, 6.07) is 20.8. The molecule has 1 heteroatoms. The van der Waals surface area contributed by atoms with Gasteiger partial charge in [-0.15, -0.1) is 0 Å². The van der Waals surface area contributed by atoms with Gasteiger partial charge in [0, 0.05) is 11.6 Å². The maximum absolute atomic E-state index is 4.35. The van der Waals surface area contributed by atoms with Crippen molar-refractivity contribution in [3.63, 3.8) is 0 Å². The van der Waals surface area contributed by atoms with Gasteiger partial charge in [0.15, 0.2) is 0 Å². The lowest BCUT2D eigenvalue weighted by molar-refractivity contribution is 1.12. The highest BCUT2D eigenvalue weighted by molar-refractivity contribution is 5.78. The topological polar surface area (TPSA) is 12.9 Å². The molecule has 0 amide bonds. The van der Waals surface area contributed by atoms with Crippen LogP contribution >= 0.6 is 0 Å². The Bertz CT molecular complexity index is 644. The summed E-state index contributed by atoms with van der Waals surface area (Å²) in [6.45, 7) is 4.31. The smallest absolute Gasteiger partial charge is 0.0702 e. The number of hydrogen-bond donors (Lipinski definition) is 0. The molecule has 0 atom stereocenters. The van der Waals surface area contributed by atoms with E-state index in [1.807, 2.05) is 30.5 Å². The standard InChI is InChI=1S/C11H11N.C8H10/c1-2-9-7-10-5-3-4-6-11(10)12-8-9;1-2-8-6-4-3-5-7-8/h3-8H,2H2,1H3;3-7H,2H2,1H3. The van der Waals surface area contributed by atoms with Crippen LogP contribution in [0.4, 0.5) is 0 Å².